The molecule has 0 atom stereocenters. The van der Waals surface area contributed by atoms with E-state index in [4.69, 9.17) is 9.15 Å². The van der Waals surface area contributed by atoms with Crippen molar-refractivity contribution < 1.29 is 13.9 Å². The number of nitrogens with one attached hydrogen (secondary N) is 1. The van der Waals surface area contributed by atoms with Crippen molar-refractivity contribution in [2.45, 2.75) is 17.6 Å². The summed E-state index contributed by atoms with van der Waals surface area (Å²) in [6.07, 6.45) is 1.65. The number of carbonyl (C=O) groups excluding carboxylic acids is 1. The Labute approximate surface area is 151 Å². The molecular formula is C20H19NO3S. The predicted octanol–water partition coefficient (Wildman–Crippen LogP) is 5.14. The smallest absolute Gasteiger partial charge is 0.256 e. The van der Waals surface area contributed by atoms with E-state index in [9.17, 15) is 4.79 Å². The Morgan fingerprint density at radius 2 is 2.00 bits per heavy atom. The first-order valence-corrected chi connectivity index (χ1v) is 8.86. The minimum Gasteiger partial charge on any atom is -0.495 e. The van der Waals surface area contributed by atoms with E-state index in [-0.39, 0.29) is 5.91 Å². The van der Waals surface area contributed by atoms with Crippen molar-refractivity contribution in [1.82, 2.24) is 0 Å². The number of methoxy groups -OCH3 is 1. The van der Waals surface area contributed by atoms with Crippen molar-refractivity contribution in [1.29, 1.82) is 0 Å². The first kappa shape index (κ1) is 17.2. The third-order valence-electron chi connectivity index (χ3n) is 3.68. The van der Waals surface area contributed by atoms with Crippen LogP contribution in [0.25, 0.3) is 0 Å². The maximum Gasteiger partial charge on any atom is 0.256 e. The number of hydrogen-bond donors (Lipinski definition) is 1. The van der Waals surface area contributed by atoms with Crippen LogP contribution in [0.5, 0.6) is 5.75 Å². The highest BCUT2D eigenvalue weighted by Gasteiger charge is 2.14. The first-order valence-electron chi connectivity index (χ1n) is 7.87. The normalized spacial score (nSPS) is 10.5. The molecule has 0 saturated carbocycles. The summed E-state index contributed by atoms with van der Waals surface area (Å²) in [5.41, 5.74) is 2.34. The Bertz CT molecular complexity index is 859. The Balaban J connectivity index is 1.79. The summed E-state index contributed by atoms with van der Waals surface area (Å²) >= 11 is 1.57. The largest absolute Gasteiger partial charge is 0.495 e. The zero-order valence-corrected chi connectivity index (χ0v) is 14.9. The molecule has 1 aromatic heterocycles. The number of carbonyl (C=O) groups is 1. The molecule has 4 nitrogen and oxygen atoms in total. The summed E-state index contributed by atoms with van der Waals surface area (Å²) in [6.45, 7) is 1.97. The van der Waals surface area contributed by atoms with Crippen LogP contribution in [0.1, 0.15) is 21.7 Å². The zero-order chi connectivity index (χ0) is 17.6. The lowest BCUT2D eigenvalue weighted by Crippen LogP contribution is -2.13. The van der Waals surface area contributed by atoms with E-state index in [1.807, 2.05) is 61.5 Å². The van der Waals surface area contributed by atoms with Gasteiger partial charge in [-0.05, 0) is 48.9 Å². The topological polar surface area (TPSA) is 51.5 Å². The van der Waals surface area contributed by atoms with Crippen LogP contribution in [0.3, 0.4) is 0 Å². The van der Waals surface area contributed by atoms with Gasteiger partial charge in [0.1, 0.15) is 11.5 Å². The molecule has 0 unspecified atom stereocenters. The fraction of sp³-hybridized carbons (Fsp3) is 0.150. The van der Waals surface area contributed by atoms with Crippen LogP contribution in [0.4, 0.5) is 5.69 Å². The molecular weight excluding hydrogens is 334 g/mol. The van der Waals surface area contributed by atoms with Gasteiger partial charge in [0, 0.05) is 4.90 Å². The molecule has 1 heterocycles. The van der Waals surface area contributed by atoms with Gasteiger partial charge in [0.2, 0.25) is 0 Å². The Morgan fingerprint density at radius 1 is 1.16 bits per heavy atom. The molecule has 3 aromatic rings. The average Bonchev–Trinajstić information content (AvgIpc) is 3.14. The number of furan rings is 1. The Kier molecular flexibility index (Phi) is 5.46. The maximum absolute atomic E-state index is 12.8. The standard InChI is InChI=1S/C20H19NO3S/c1-14-9-10-18(23-2)17(12-14)21-20(22)16-7-3-4-8-19(16)25-13-15-6-5-11-24-15/h3-12H,13H2,1-2H3,(H,21,22). The average molecular weight is 353 g/mol. The minimum absolute atomic E-state index is 0.161. The molecule has 0 aliphatic carbocycles. The summed E-state index contributed by atoms with van der Waals surface area (Å²) in [7, 11) is 1.59. The quantitative estimate of drug-likeness (QED) is 0.623. The van der Waals surface area contributed by atoms with Gasteiger partial charge >= 0.3 is 0 Å². The number of benzene rings is 2. The van der Waals surface area contributed by atoms with Gasteiger partial charge in [-0.2, -0.15) is 0 Å². The number of thioether (sulfide) groups is 1. The molecule has 25 heavy (non-hydrogen) atoms. The van der Waals surface area contributed by atoms with Crippen molar-refractivity contribution in [2.75, 3.05) is 12.4 Å². The number of rotatable bonds is 6. The third kappa shape index (κ3) is 4.25. The molecule has 128 valence electrons. The van der Waals surface area contributed by atoms with Crippen molar-refractivity contribution in [3.8, 4) is 5.75 Å². The third-order valence-corrected chi connectivity index (χ3v) is 4.78. The predicted molar refractivity (Wildman–Crippen MR) is 100 cm³/mol. The second-order valence-corrected chi connectivity index (χ2v) is 6.54. The van der Waals surface area contributed by atoms with Gasteiger partial charge < -0.3 is 14.5 Å². The highest BCUT2D eigenvalue weighted by atomic mass is 32.2. The van der Waals surface area contributed by atoms with Gasteiger partial charge in [-0.1, -0.05) is 18.2 Å². The van der Waals surface area contributed by atoms with Crippen molar-refractivity contribution in [3.05, 3.63) is 77.7 Å². The molecule has 1 amide bonds. The van der Waals surface area contributed by atoms with Crippen LogP contribution in [0, 0.1) is 6.92 Å². The molecule has 0 radical (unpaired) electrons. The lowest BCUT2D eigenvalue weighted by atomic mass is 10.1. The van der Waals surface area contributed by atoms with E-state index in [2.05, 4.69) is 5.32 Å². The van der Waals surface area contributed by atoms with Gasteiger partial charge in [0.25, 0.3) is 5.91 Å². The van der Waals surface area contributed by atoms with E-state index in [0.717, 1.165) is 16.2 Å². The van der Waals surface area contributed by atoms with E-state index in [1.165, 1.54) is 0 Å². The van der Waals surface area contributed by atoms with E-state index < -0.39 is 0 Å². The summed E-state index contributed by atoms with van der Waals surface area (Å²) < 4.78 is 10.7. The van der Waals surface area contributed by atoms with E-state index >= 15 is 0 Å². The molecule has 3 rings (SSSR count). The van der Waals surface area contributed by atoms with Crippen LogP contribution >= 0.6 is 11.8 Å². The zero-order valence-electron chi connectivity index (χ0n) is 14.1. The Hall–Kier alpha value is -2.66. The monoisotopic (exact) mass is 353 g/mol. The van der Waals surface area contributed by atoms with E-state index in [0.29, 0.717) is 22.8 Å². The summed E-state index contributed by atoms with van der Waals surface area (Å²) in [6, 6.07) is 17.0. The van der Waals surface area contributed by atoms with Crippen LogP contribution in [0.2, 0.25) is 0 Å². The highest BCUT2D eigenvalue weighted by Crippen LogP contribution is 2.29. The van der Waals surface area contributed by atoms with Gasteiger partial charge in [0.05, 0.1) is 30.4 Å². The molecule has 0 spiro atoms. The Morgan fingerprint density at radius 3 is 2.76 bits per heavy atom. The lowest BCUT2D eigenvalue weighted by Gasteiger charge is -2.13. The molecule has 0 saturated heterocycles. The number of aryl methyl sites for hydroxylation is 1. The van der Waals surface area contributed by atoms with Gasteiger partial charge in [-0.25, -0.2) is 0 Å². The maximum atomic E-state index is 12.8. The van der Waals surface area contributed by atoms with Crippen LogP contribution in [-0.4, -0.2) is 13.0 Å². The fourth-order valence-corrected chi connectivity index (χ4v) is 3.39. The van der Waals surface area contributed by atoms with Gasteiger partial charge in [-0.15, -0.1) is 11.8 Å². The van der Waals surface area contributed by atoms with E-state index in [1.54, 1.807) is 25.1 Å². The van der Waals surface area contributed by atoms with Gasteiger partial charge in [-0.3, -0.25) is 4.79 Å². The van der Waals surface area contributed by atoms with Crippen molar-refractivity contribution in [3.63, 3.8) is 0 Å². The fourth-order valence-electron chi connectivity index (χ4n) is 2.43. The second kappa shape index (κ2) is 7.94. The molecule has 0 aliphatic rings. The number of hydrogen-bond acceptors (Lipinski definition) is 4. The SMILES string of the molecule is COc1ccc(C)cc1NC(=O)c1ccccc1SCc1ccco1. The summed E-state index contributed by atoms with van der Waals surface area (Å²) in [4.78, 5) is 13.7. The molecule has 5 heteroatoms. The molecule has 0 fully saturated rings. The first-order chi connectivity index (χ1) is 12.2. The molecule has 0 bridgehead atoms. The highest BCUT2D eigenvalue weighted by molar-refractivity contribution is 7.98. The van der Waals surface area contributed by atoms with Crippen LogP contribution in [-0.2, 0) is 5.75 Å². The number of ether oxygens (including phenoxy) is 1. The van der Waals surface area contributed by atoms with Crippen molar-refractivity contribution in [2.24, 2.45) is 0 Å². The lowest BCUT2D eigenvalue weighted by molar-refractivity contribution is 0.102. The number of amides is 1. The van der Waals surface area contributed by atoms with Gasteiger partial charge in [0.15, 0.2) is 0 Å². The molecule has 2 aromatic carbocycles. The van der Waals surface area contributed by atoms with Crippen LogP contribution < -0.4 is 10.1 Å². The minimum atomic E-state index is -0.161. The van der Waals surface area contributed by atoms with Crippen LogP contribution in [0.15, 0.2) is 70.2 Å². The molecule has 0 aliphatic heterocycles. The molecule has 1 N–H and O–H groups in total. The number of anilines is 1. The summed E-state index contributed by atoms with van der Waals surface area (Å²) in [5.74, 6) is 2.03. The summed E-state index contributed by atoms with van der Waals surface area (Å²) in [5, 5.41) is 2.95. The van der Waals surface area contributed by atoms with Crippen molar-refractivity contribution >= 4 is 23.4 Å². The second-order valence-electron chi connectivity index (χ2n) is 5.52.